The molecule has 0 N–H and O–H groups in total. The lowest BCUT2D eigenvalue weighted by Crippen LogP contribution is -2.24. The fourth-order valence-corrected chi connectivity index (χ4v) is 1.78. The summed E-state index contributed by atoms with van der Waals surface area (Å²) in [4.78, 5) is 6.34. The molecule has 5 nitrogen and oxygen atoms in total. The van der Waals surface area contributed by atoms with Crippen LogP contribution in [0.1, 0.15) is 18.6 Å². The number of rotatable bonds is 7. The van der Waals surface area contributed by atoms with Gasteiger partial charge in [0.15, 0.2) is 5.82 Å². The second-order valence-electron chi connectivity index (χ2n) is 4.50. The Morgan fingerprint density at radius 3 is 2.70 bits per heavy atom. The van der Waals surface area contributed by atoms with Gasteiger partial charge >= 0.3 is 0 Å². The van der Waals surface area contributed by atoms with Gasteiger partial charge in [0, 0.05) is 18.0 Å². The van der Waals surface area contributed by atoms with Gasteiger partial charge < -0.3 is 9.26 Å². The summed E-state index contributed by atoms with van der Waals surface area (Å²) >= 11 is 5.81. The van der Waals surface area contributed by atoms with E-state index < -0.39 is 0 Å². The Kier molecular flexibility index (Phi) is 5.38. The van der Waals surface area contributed by atoms with Crippen molar-refractivity contribution in [1.82, 2.24) is 15.0 Å². The lowest BCUT2D eigenvalue weighted by molar-refractivity contribution is 0.212. The Labute approximate surface area is 123 Å². The monoisotopic (exact) mass is 295 g/mol. The number of hydrogen-bond donors (Lipinski definition) is 0. The molecule has 0 aliphatic heterocycles. The molecule has 0 bridgehead atoms. The third-order valence-corrected chi connectivity index (χ3v) is 3.04. The van der Waals surface area contributed by atoms with E-state index in [0.717, 1.165) is 24.5 Å². The molecule has 1 aromatic heterocycles. The minimum atomic E-state index is 0.590. The van der Waals surface area contributed by atoms with Crippen LogP contribution in [0.4, 0.5) is 0 Å². The standard InChI is InChI=1S/C14H18ClN3O2/c1-3-13-16-14(20-17-13)10-18(2)8-9-19-12-6-4-11(15)5-7-12/h4-7H,3,8-10H2,1-2H3. The zero-order valence-electron chi connectivity index (χ0n) is 11.7. The minimum Gasteiger partial charge on any atom is -0.492 e. The van der Waals surface area contributed by atoms with Crippen molar-refractivity contribution >= 4 is 11.6 Å². The van der Waals surface area contributed by atoms with Gasteiger partial charge in [-0.15, -0.1) is 0 Å². The maximum absolute atomic E-state index is 5.81. The zero-order chi connectivity index (χ0) is 14.4. The number of benzene rings is 1. The number of nitrogens with zero attached hydrogens (tertiary/aromatic N) is 3. The summed E-state index contributed by atoms with van der Waals surface area (Å²) in [5.41, 5.74) is 0. The summed E-state index contributed by atoms with van der Waals surface area (Å²) in [7, 11) is 1.99. The van der Waals surface area contributed by atoms with Gasteiger partial charge in [0.2, 0.25) is 5.89 Å². The SMILES string of the molecule is CCc1noc(CN(C)CCOc2ccc(Cl)cc2)n1. The summed E-state index contributed by atoms with van der Waals surface area (Å²) < 4.78 is 10.8. The Morgan fingerprint density at radius 2 is 2.05 bits per heavy atom. The summed E-state index contributed by atoms with van der Waals surface area (Å²) in [6.07, 6.45) is 0.785. The van der Waals surface area contributed by atoms with Crippen molar-refractivity contribution in [3.05, 3.63) is 41.0 Å². The first-order chi connectivity index (χ1) is 9.67. The van der Waals surface area contributed by atoms with E-state index in [-0.39, 0.29) is 0 Å². The molecular weight excluding hydrogens is 278 g/mol. The predicted octanol–water partition coefficient (Wildman–Crippen LogP) is 2.80. The third-order valence-electron chi connectivity index (χ3n) is 2.79. The van der Waals surface area contributed by atoms with Crippen molar-refractivity contribution in [2.45, 2.75) is 19.9 Å². The molecule has 6 heteroatoms. The average Bonchev–Trinajstić information content (AvgIpc) is 2.88. The molecule has 0 atom stereocenters. The van der Waals surface area contributed by atoms with E-state index in [9.17, 15) is 0 Å². The van der Waals surface area contributed by atoms with Gasteiger partial charge in [0.1, 0.15) is 12.4 Å². The highest BCUT2D eigenvalue weighted by molar-refractivity contribution is 6.30. The fraction of sp³-hybridized carbons (Fsp3) is 0.429. The molecular formula is C14H18ClN3O2. The van der Waals surface area contributed by atoms with Gasteiger partial charge in [-0.25, -0.2) is 0 Å². The van der Waals surface area contributed by atoms with Crippen LogP contribution in [-0.2, 0) is 13.0 Å². The highest BCUT2D eigenvalue weighted by atomic mass is 35.5. The topological polar surface area (TPSA) is 51.4 Å². The van der Waals surface area contributed by atoms with E-state index in [1.54, 1.807) is 0 Å². The van der Waals surface area contributed by atoms with Crippen LogP contribution < -0.4 is 4.74 Å². The van der Waals surface area contributed by atoms with Crippen LogP contribution in [0.25, 0.3) is 0 Å². The molecule has 1 heterocycles. The molecule has 0 unspecified atom stereocenters. The Hall–Kier alpha value is -1.59. The number of halogens is 1. The van der Waals surface area contributed by atoms with Crippen LogP contribution >= 0.6 is 11.6 Å². The van der Waals surface area contributed by atoms with Gasteiger partial charge in [-0.05, 0) is 31.3 Å². The van der Waals surface area contributed by atoms with Crippen molar-refractivity contribution in [3.63, 3.8) is 0 Å². The molecule has 20 heavy (non-hydrogen) atoms. The van der Waals surface area contributed by atoms with Crippen LogP contribution in [-0.4, -0.2) is 35.2 Å². The van der Waals surface area contributed by atoms with Gasteiger partial charge in [0.25, 0.3) is 0 Å². The lowest BCUT2D eigenvalue weighted by Gasteiger charge is -2.14. The largest absolute Gasteiger partial charge is 0.492 e. The van der Waals surface area contributed by atoms with Crippen LogP contribution in [0.3, 0.4) is 0 Å². The molecule has 0 spiro atoms. The molecule has 0 saturated carbocycles. The highest BCUT2D eigenvalue weighted by Gasteiger charge is 2.08. The molecule has 0 amide bonds. The van der Waals surface area contributed by atoms with E-state index in [4.69, 9.17) is 20.9 Å². The number of hydrogen-bond acceptors (Lipinski definition) is 5. The first kappa shape index (κ1) is 14.8. The number of likely N-dealkylation sites (N-methyl/N-ethyl adjacent to an activating group) is 1. The van der Waals surface area contributed by atoms with Gasteiger partial charge in [0.05, 0.1) is 6.54 Å². The van der Waals surface area contributed by atoms with E-state index in [1.165, 1.54) is 0 Å². The smallest absolute Gasteiger partial charge is 0.240 e. The normalized spacial score (nSPS) is 11.0. The molecule has 1 aromatic carbocycles. The van der Waals surface area contributed by atoms with Crippen molar-refractivity contribution < 1.29 is 9.26 Å². The quantitative estimate of drug-likeness (QED) is 0.786. The summed E-state index contributed by atoms with van der Waals surface area (Å²) in [5.74, 6) is 2.19. The maximum atomic E-state index is 5.81. The molecule has 0 radical (unpaired) electrons. The third kappa shape index (κ3) is 4.51. The molecule has 0 aliphatic rings. The van der Waals surface area contributed by atoms with Crippen molar-refractivity contribution in [2.75, 3.05) is 20.2 Å². The lowest BCUT2D eigenvalue weighted by atomic mass is 10.3. The predicted molar refractivity (Wildman–Crippen MR) is 77.0 cm³/mol. The summed E-state index contributed by atoms with van der Waals surface area (Å²) in [6, 6.07) is 7.33. The molecule has 0 fully saturated rings. The Morgan fingerprint density at radius 1 is 1.30 bits per heavy atom. The highest BCUT2D eigenvalue weighted by Crippen LogP contribution is 2.15. The number of ether oxygens (including phenoxy) is 1. The molecule has 2 rings (SSSR count). The van der Waals surface area contributed by atoms with Gasteiger partial charge in [-0.3, -0.25) is 4.90 Å². The maximum Gasteiger partial charge on any atom is 0.240 e. The molecule has 2 aromatic rings. The van der Waals surface area contributed by atoms with Crippen LogP contribution in [0.15, 0.2) is 28.8 Å². The van der Waals surface area contributed by atoms with E-state index >= 15 is 0 Å². The number of aromatic nitrogens is 2. The first-order valence-electron chi connectivity index (χ1n) is 6.55. The first-order valence-corrected chi connectivity index (χ1v) is 6.93. The van der Waals surface area contributed by atoms with Crippen LogP contribution in [0.5, 0.6) is 5.75 Å². The van der Waals surface area contributed by atoms with E-state index in [0.29, 0.717) is 24.1 Å². The molecule has 108 valence electrons. The van der Waals surface area contributed by atoms with Crippen LogP contribution in [0.2, 0.25) is 5.02 Å². The molecule has 0 saturated heterocycles. The summed E-state index contributed by atoms with van der Waals surface area (Å²) in [5, 5.41) is 4.57. The van der Waals surface area contributed by atoms with Crippen molar-refractivity contribution in [2.24, 2.45) is 0 Å². The van der Waals surface area contributed by atoms with Gasteiger partial charge in [-0.1, -0.05) is 23.7 Å². The van der Waals surface area contributed by atoms with E-state index in [2.05, 4.69) is 15.0 Å². The van der Waals surface area contributed by atoms with Gasteiger partial charge in [-0.2, -0.15) is 4.98 Å². The zero-order valence-corrected chi connectivity index (χ0v) is 12.4. The second-order valence-corrected chi connectivity index (χ2v) is 4.93. The minimum absolute atomic E-state index is 0.590. The van der Waals surface area contributed by atoms with Crippen molar-refractivity contribution in [3.8, 4) is 5.75 Å². The second kappa shape index (κ2) is 7.26. The molecule has 0 aliphatic carbocycles. The Bertz CT molecular complexity index is 527. The Balaban J connectivity index is 1.72. The van der Waals surface area contributed by atoms with Crippen molar-refractivity contribution in [1.29, 1.82) is 0 Å². The summed E-state index contributed by atoms with van der Waals surface area (Å²) in [6.45, 7) is 3.98. The fourth-order valence-electron chi connectivity index (χ4n) is 1.66. The average molecular weight is 296 g/mol. The number of aryl methyl sites for hydroxylation is 1. The van der Waals surface area contributed by atoms with E-state index in [1.807, 2.05) is 38.2 Å². The van der Waals surface area contributed by atoms with Crippen LogP contribution in [0, 0.1) is 0 Å².